The van der Waals surface area contributed by atoms with Crippen LogP contribution in [0, 0.1) is 5.92 Å². The van der Waals surface area contributed by atoms with Crippen LogP contribution in [0.15, 0.2) is 22.7 Å². The molecule has 1 fully saturated rings. The molecule has 0 spiro atoms. The summed E-state index contributed by atoms with van der Waals surface area (Å²) in [5, 5.41) is 0.506. The van der Waals surface area contributed by atoms with Crippen LogP contribution in [-0.2, 0) is 0 Å². The van der Waals surface area contributed by atoms with Crippen molar-refractivity contribution in [3.8, 4) is 0 Å². The fourth-order valence-electron chi connectivity index (χ4n) is 2.97. The summed E-state index contributed by atoms with van der Waals surface area (Å²) in [4.78, 5) is 14.5. The maximum Gasteiger partial charge on any atom is 0.255 e. The van der Waals surface area contributed by atoms with Crippen LogP contribution in [-0.4, -0.2) is 23.9 Å². The van der Waals surface area contributed by atoms with E-state index in [2.05, 4.69) is 22.9 Å². The normalized spacial score (nSPS) is 22.6. The number of nitrogens with zero attached hydrogens (tertiary/aromatic N) is 1. The van der Waals surface area contributed by atoms with E-state index in [1.165, 1.54) is 19.3 Å². The topological polar surface area (TPSA) is 20.3 Å². The van der Waals surface area contributed by atoms with E-state index in [1.54, 1.807) is 6.07 Å². The first-order chi connectivity index (χ1) is 9.54. The molecule has 0 atom stereocenters. The van der Waals surface area contributed by atoms with Crippen LogP contribution < -0.4 is 0 Å². The second-order valence-electron chi connectivity index (χ2n) is 5.60. The maximum absolute atomic E-state index is 12.6. The molecule has 1 aromatic rings. The molecule has 1 aliphatic carbocycles. The van der Waals surface area contributed by atoms with E-state index in [4.69, 9.17) is 11.6 Å². The van der Waals surface area contributed by atoms with Gasteiger partial charge in [-0.3, -0.25) is 4.79 Å². The standard InChI is InChI=1S/C16H21BrClNO/c1-3-11-7-9-12(10-8-11)19(2)16(20)13-5-4-6-14(17)15(13)18/h4-6,11-12H,3,7-10H2,1-2H3. The van der Waals surface area contributed by atoms with Crippen molar-refractivity contribution < 1.29 is 4.79 Å². The number of rotatable bonds is 3. The number of carbonyl (C=O) groups excluding carboxylic acids is 1. The number of carbonyl (C=O) groups is 1. The lowest BCUT2D eigenvalue weighted by atomic mass is 9.84. The van der Waals surface area contributed by atoms with Crippen molar-refractivity contribution in [3.05, 3.63) is 33.3 Å². The molecular formula is C16H21BrClNO. The predicted molar refractivity (Wildman–Crippen MR) is 87.3 cm³/mol. The first-order valence-electron chi connectivity index (χ1n) is 7.25. The average molecular weight is 359 g/mol. The SMILES string of the molecule is CCC1CCC(N(C)C(=O)c2cccc(Br)c2Cl)CC1. The summed E-state index contributed by atoms with van der Waals surface area (Å²) in [7, 11) is 1.90. The molecule has 0 heterocycles. The molecule has 0 radical (unpaired) electrons. The summed E-state index contributed by atoms with van der Waals surface area (Å²) < 4.78 is 0.771. The first kappa shape index (κ1) is 15.8. The Kier molecular flexibility index (Phi) is 5.50. The first-order valence-corrected chi connectivity index (χ1v) is 8.42. The van der Waals surface area contributed by atoms with Gasteiger partial charge in [0.2, 0.25) is 0 Å². The molecule has 4 heteroatoms. The Morgan fingerprint density at radius 1 is 1.35 bits per heavy atom. The van der Waals surface area contributed by atoms with Gasteiger partial charge in [0, 0.05) is 17.6 Å². The monoisotopic (exact) mass is 357 g/mol. The molecule has 110 valence electrons. The summed E-state index contributed by atoms with van der Waals surface area (Å²) in [6.07, 6.45) is 5.91. The number of hydrogen-bond donors (Lipinski definition) is 0. The summed E-state index contributed by atoms with van der Waals surface area (Å²) in [6.45, 7) is 2.25. The Morgan fingerprint density at radius 3 is 2.60 bits per heavy atom. The van der Waals surface area contributed by atoms with Gasteiger partial charge in [0.05, 0.1) is 10.6 Å². The molecule has 0 unspecified atom stereocenters. The zero-order valence-corrected chi connectivity index (χ0v) is 14.4. The minimum Gasteiger partial charge on any atom is -0.339 e. The summed E-state index contributed by atoms with van der Waals surface area (Å²) in [5.74, 6) is 0.862. The van der Waals surface area contributed by atoms with Crippen molar-refractivity contribution >= 4 is 33.4 Å². The zero-order valence-electron chi connectivity index (χ0n) is 12.0. The molecule has 0 aromatic heterocycles. The average Bonchev–Trinajstić information content (AvgIpc) is 2.48. The third kappa shape index (κ3) is 3.37. The van der Waals surface area contributed by atoms with Gasteiger partial charge in [0.15, 0.2) is 0 Å². The molecule has 0 aliphatic heterocycles. The Bertz CT molecular complexity index is 483. The largest absolute Gasteiger partial charge is 0.339 e. The van der Waals surface area contributed by atoms with Crippen LogP contribution in [0.5, 0.6) is 0 Å². The van der Waals surface area contributed by atoms with Gasteiger partial charge in [-0.05, 0) is 59.7 Å². The highest BCUT2D eigenvalue weighted by molar-refractivity contribution is 9.10. The van der Waals surface area contributed by atoms with Gasteiger partial charge in [-0.2, -0.15) is 0 Å². The van der Waals surface area contributed by atoms with Crippen molar-refractivity contribution in [2.24, 2.45) is 5.92 Å². The highest BCUT2D eigenvalue weighted by Gasteiger charge is 2.27. The van der Waals surface area contributed by atoms with Crippen molar-refractivity contribution in [2.45, 2.75) is 45.1 Å². The van der Waals surface area contributed by atoms with E-state index < -0.39 is 0 Å². The van der Waals surface area contributed by atoms with E-state index in [0.29, 0.717) is 16.6 Å². The fraction of sp³-hybridized carbons (Fsp3) is 0.562. The molecule has 1 amide bonds. The molecule has 1 aliphatic rings. The lowest BCUT2D eigenvalue weighted by Crippen LogP contribution is -2.39. The van der Waals surface area contributed by atoms with Gasteiger partial charge >= 0.3 is 0 Å². The second kappa shape index (κ2) is 6.95. The van der Waals surface area contributed by atoms with Gasteiger partial charge in [-0.25, -0.2) is 0 Å². The molecule has 20 heavy (non-hydrogen) atoms. The fourth-order valence-corrected chi connectivity index (χ4v) is 3.54. The maximum atomic E-state index is 12.6. The van der Waals surface area contributed by atoms with Gasteiger partial charge < -0.3 is 4.90 Å². The third-order valence-corrected chi connectivity index (χ3v) is 5.74. The Labute approximate surface area is 134 Å². The van der Waals surface area contributed by atoms with Gasteiger partial charge in [-0.1, -0.05) is 31.0 Å². The molecule has 0 N–H and O–H groups in total. The molecule has 0 bridgehead atoms. The summed E-state index contributed by atoms with van der Waals surface area (Å²) >= 11 is 9.60. The van der Waals surface area contributed by atoms with E-state index >= 15 is 0 Å². The summed E-state index contributed by atoms with van der Waals surface area (Å²) in [5.41, 5.74) is 0.584. The molecule has 1 saturated carbocycles. The number of benzene rings is 1. The Morgan fingerprint density at radius 2 is 2.00 bits per heavy atom. The molecule has 2 rings (SSSR count). The van der Waals surface area contributed by atoms with Crippen molar-refractivity contribution in [3.63, 3.8) is 0 Å². The van der Waals surface area contributed by atoms with E-state index in [1.807, 2.05) is 24.1 Å². The van der Waals surface area contributed by atoms with Crippen molar-refractivity contribution in [1.82, 2.24) is 4.90 Å². The Hall–Kier alpha value is -0.540. The number of halogens is 2. The highest BCUT2D eigenvalue weighted by atomic mass is 79.9. The highest BCUT2D eigenvalue weighted by Crippen LogP contribution is 2.31. The van der Waals surface area contributed by atoms with Crippen molar-refractivity contribution in [1.29, 1.82) is 0 Å². The number of hydrogen-bond acceptors (Lipinski definition) is 1. The lowest BCUT2D eigenvalue weighted by Gasteiger charge is -2.34. The van der Waals surface area contributed by atoms with Crippen LogP contribution in [0.2, 0.25) is 5.02 Å². The van der Waals surface area contributed by atoms with Gasteiger partial charge in [-0.15, -0.1) is 0 Å². The molecule has 1 aromatic carbocycles. The lowest BCUT2D eigenvalue weighted by molar-refractivity contribution is 0.0675. The van der Waals surface area contributed by atoms with Gasteiger partial charge in [0.25, 0.3) is 5.91 Å². The molecule has 2 nitrogen and oxygen atoms in total. The van der Waals surface area contributed by atoms with Crippen LogP contribution >= 0.6 is 27.5 Å². The van der Waals surface area contributed by atoms with Crippen LogP contribution in [0.25, 0.3) is 0 Å². The summed E-state index contributed by atoms with van der Waals surface area (Å²) in [6, 6.07) is 5.85. The minimum atomic E-state index is 0.0243. The smallest absolute Gasteiger partial charge is 0.255 e. The minimum absolute atomic E-state index is 0.0243. The van der Waals surface area contributed by atoms with Crippen molar-refractivity contribution in [2.75, 3.05) is 7.05 Å². The van der Waals surface area contributed by atoms with E-state index in [0.717, 1.165) is 23.2 Å². The van der Waals surface area contributed by atoms with Crippen LogP contribution in [0.1, 0.15) is 49.4 Å². The second-order valence-corrected chi connectivity index (χ2v) is 6.83. The van der Waals surface area contributed by atoms with Crippen LogP contribution in [0.3, 0.4) is 0 Å². The number of amides is 1. The van der Waals surface area contributed by atoms with E-state index in [9.17, 15) is 4.79 Å². The molecular weight excluding hydrogens is 338 g/mol. The quantitative estimate of drug-likeness (QED) is 0.732. The van der Waals surface area contributed by atoms with E-state index in [-0.39, 0.29) is 5.91 Å². The third-order valence-electron chi connectivity index (χ3n) is 4.44. The van der Waals surface area contributed by atoms with Gasteiger partial charge in [0.1, 0.15) is 0 Å². The Balaban J connectivity index is 2.07. The predicted octanol–water partition coefficient (Wildman–Crippen LogP) is 5.14. The molecule has 0 saturated heterocycles. The zero-order chi connectivity index (χ0) is 14.7. The van der Waals surface area contributed by atoms with Crippen LogP contribution in [0.4, 0.5) is 0 Å².